The summed E-state index contributed by atoms with van der Waals surface area (Å²) in [7, 11) is -1.94. The Kier molecular flexibility index (Phi) is 4.97. The lowest BCUT2D eigenvalue weighted by atomic mass is 10.0. The number of ether oxygens (including phenoxy) is 1. The highest BCUT2D eigenvalue weighted by atomic mass is 32.2. The molecule has 4 aromatic rings. The maximum atomic E-state index is 13.4. The molecule has 0 N–H and O–H groups in total. The molecule has 0 unspecified atom stereocenters. The van der Waals surface area contributed by atoms with Crippen molar-refractivity contribution in [3.05, 3.63) is 66.5 Å². The molecule has 6 nitrogen and oxygen atoms in total. The normalized spacial score (nSPS) is 12.3. The Bertz CT molecular complexity index is 1380. The smallest absolute Gasteiger partial charge is 0.435 e. The summed E-state index contributed by atoms with van der Waals surface area (Å²) in [4.78, 5) is 3.98. The first kappa shape index (κ1) is 20.9. The van der Waals surface area contributed by atoms with Crippen molar-refractivity contribution in [2.45, 2.75) is 11.1 Å². The Hall–Kier alpha value is -3.40. The topological polar surface area (TPSA) is 74.1 Å². The van der Waals surface area contributed by atoms with E-state index in [1.165, 1.54) is 12.1 Å². The fourth-order valence-corrected chi connectivity index (χ4v) is 3.69. The van der Waals surface area contributed by atoms with Gasteiger partial charge in [0.05, 0.1) is 17.7 Å². The Labute approximate surface area is 175 Å². The molecule has 0 aliphatic heterocycles. The van der Waals surface area contributed by atoms with Gasteiger partial charge in [-0.15, -0.1) is 0 Å². The van der Waals surface area contributed by atoms with Crippen LogP contribution in [0.15, 0.2) is 65.7 Å². The van der Waals surface area contributed by atoms with E-state index >= 15 is 0 Å². The zero-order valence-electron chi connectivity index (χ0n) is 16.4. The average molecular weight is 447 g/mol. The van der Waals surface area contributed by atoms with E-state index in [1.54, 1.807) is 31.4 Å². The van der Waals surface area contributed by atoms with E-state index in [1.807, 2.05) is 12.1 Å². The van der Waals surface area contributed by atoms with Crippen LogP contribution in [0.5, 0.6) is 5.75 Å². The molecule has 2 aromatic heterocycles. The van der Waals surface area contributed by atoms with Gasteiger partial charge in [-0.25, -0.2) is 18.1 Å². The van der Waals surface area contributed by atoms with Crippen molar-refractivity contribution >= 4 is 20.6 Å². The Balaban J connectivity index is 1.87. The second-order valence-electron chi connectivity index (χ2n) is 6.88. The second-order valence-corrected chi connectivity index (χ2v) is 8.89. The third kappa shape index (κ3) is 4.11. The van der Waals surface area contributed by atoms with Gasteiger partial charge < -0.3 is 4.74 Å². The Morgan fingerprint density at radius 3 is 2.29 bits per heavy atom. The van der Waals surface area contributed by atoms with E-state index < -0.39 is 21.7 Å². The first-order chi connectivity index (χ1) is 14.6. The number of sulfone groups is 1. The molecule has 0 fully saturated rings. The highest BCUT2D eigenvalue weighted by Crippen LogP contribution is 2.34. The number of aromatic nitrogens is 3. The maximum absolute atomic E-state index is 13.4. The van der Waals surface area contributed by atoms with E-state index in [9.17, 15) is 21.6 Å². The van der Waals surface area contributed by atoms with Crippen LogP contribution in [0.1, 0.15) is 5.69 Å². The lowest BCUT2D eigenvalue weighted by molar-refractivity contribution is -0.141. The standard InChI is InChI=1S/C21H16F3N3O3S/c1-30-16-6-5-13-9-15(4-3-14(13)10-16)18-11-19(21(22,23)24)26-27(18)20-8-7-17(12-25-20)31(2,28)29/h3-12H,1-2H3. The molecule has 0 spiro atoms. The molecular formula is C21H16F3N3O3S. The Morgan fingerprint density at radius 1 is 0.968 bits per heavy atom. The summed E-state index contributed by atoms with van der Waals surface area (Å²) in [6, 6.07) is 14.1. The molecule has 10 heteroatoms. The molecule has 0 bridgehead atoms. The minimum Gasteiger partial charge on any atom is -0.497 e. The van der Waals surface area contributed by atoms with Gasteiger partial charge in [0.15, 0.2) is 21.3 Å². The molecule has 0 saturated heterocycles. The molecule has 0 atom stereocenters. The summed E-state index contributed by atoms with van der Waals surface area (Å²) in [5.41, 5.74) is -0.411. The van der Waals surface area contributed by atoms with Crippen molar-refractivity contribution in [1.29, 1.82) is 0 Å². The molecule has 2 heterocycles. The number of methoxy groups -OCH3 is 1. The van der Waals surface area contributed by atoms with Crippen LogP contribution in [0, 0.1) is 0 Å². The third-order valence-electron chi connectivity index (χ3n) is 4.71. The molecule has 0 aliphatic carbocycles. The number of hydrogen-bond donors (Lipinski definition) is 0. The van der Waals surface area contributed by atoms with Gasteiger partial charge >= 0.3 is 6.18 Å². The number of benzene rings is 2. The third-order valence-corrected chi connectivity index (χ3v) is 5.81. The maximum Gasteiger partial charge on any atom is 0.435 e. The van der Waals surface area contributed by atoms with Crippen molar-refractivity contribution in [1.82, 2.24) is 14.8 Å². The number of nitrogens with zero attached hydrogens (tertiary/aromatic N) is 3. The summed E-state index contributed by atoms with van der Waals surface area (Å²) >= 11 is 0. The predicted octanol–water partition coefficient (Wildman–Crippen LogP) is 4.52. The number of rotatable bonds is 4. The summed E-state index contributed by atoms with van der Waals surface area (Å²) in [6.07, 6.45) is -2.54. The second kappa shape index (κ2) is 7.38. The number of hydrogen-bond acceptors (Lipinski definition) is 5. The molecule has 0 radical (unpaired) electrons. The van der Waals surface area contributed by atoms with Crippen LogP contribution < -0.4 is 4.74 Å². The van der Waals surface area contributed by atoms with Crippen LogP contribution in [0.2, 0.25) is 0 Å². The molecule has 0 saturated carbocycles. The fourth-order valence-electron chi connectivity index (χ4n) is 3.13. The van der Waals surface area contributed by atoms with E-state index in [0.717, 1.165) is 34.0 Å². The van der Waals surface area contributed by atoms with E-state index in [-0.39, 0.29) is 16.4 Å². The monoisotopic (exact) mass is 447 g/mol. The molecular weight excluding hydrogens is 431 g/mol. The molecule has 2 aromatic carbocycles. The van der Waals surface area contributed by atoms with Crippen molar-refractivity contribution < 1.29 is 26.3 Å². The molecule has 4 rings (SSSR count). The number of fused-ring (bicyclic) bond motifs is 1. The molecule has 0 amide bonds. The SMILES string of the molecule is COc1ccc2cc(-c3cc(C(F)(F)F)nn3-c3ccc(S(C)(=O)=O)cn3)ccc2c1. The number of pyridine rings is 1. The fraction of sp³-hybridized carbons (Fsp3) is 0.143. The summed E-state index contributed by atoms with van der Waals surface area (Å²) in [5, 5.41) is 5.35. The average Bonchev–Trinajstić information content (AvgIpc) is 3.18. The van der Waals surface area contributed by atoms with Crippen molar-refractivity contribution in [3.8, 4) is 22.8 Å². The quantitative estimate of drug-likeness (QED) is 0.460. The minimum absolute atomic E-state index is 0.0411. The zero-order chi connectivity index (χ0) is 22.4. The summed E-state index contributed by atoms with van der Waals surface area (Å²) in [5.74, 6) is 0.729. The van der Waals surface area contributed by atoms with Gasteiger partial charge in [0.25, 0.3) is 0 Å². The van der Waals surface area contributed by atoms with Crippen LogP contribution in [-0.2, 0) is 16.0 Å². The van der Waals surface area contributed by atoms with Crippen LogP contribution >= 0.6 is 0 Å². The first-order valence-electron chi connectivity index (χ1n) is 8.98. The minimum atomic E-state index is -4.66. The lowest BCUT2D eigenvalue weighted by Crippen LogP contribution is -2.08. The van der Waals surface area contributed by atoms with Gasteiger partial charge in [0.2, 0.25) is 0 Å². The molecule has 0 aliphatic rings. The predicted molar refractivity (Wildman–Crippen MR) is 109 cm³/mol. The van der Waals surface area contributed by atoms with E-state index in [0.29, 0.717) is 11.3 Å². The summed E-state index contributed by atoms with van der Waals surface area (Å²) in [6.45, 7) is 0. The van der Waals surface area contributed by atoms with Crippen LogP contribution in [0.3, 0.4) is 0 Å². The van der Waals surface area contributed by atoms with E-state index in [2.05, 4.69) is 10.1 Å². The van der Waals surface area contributed by atoms with Gasteiger partial charge in [0, 0.05) is 18.0 Å². The molecule has 160 valence electrons. The van der Waals surface area contributed by atoms with Crippen LogP contribution in [0.25, 0.3) is 27.8 Å². The first-order valence-corrected chi connectivity index (χ1v) is 10.9. The van der Waals surface area contributed by atoms with Crippen molar-refractivity contribution in [2.75, 3.05) is 13.4 Å². The summed E-state index contributed by atoms with van der Waals surface area (Å²) < 4.78 is 69.7. The van der Waals surface area contributed by atoms with Gasteiger partial charge in [-0.05, 0) is 47.2 Å². The number of halogens is 3. The van der Waals surface area contributed by atoms with Crippen LogP contribution in [-0.4, -0.2) is 36.5 Å². The van der Waals surface area contributed by atoms with Gasteiger partial charge in [-0.2, -0.15) is 18.3 Å². The zero-order valence-corrected chi connectivity index (χ0v) is 17.2. The van der Waals surface area contributed by atoms with Crippen molar-refractivity contribution in [2.24, 2.45) is 0 Å². The lowest BCUT2D eigenvalue weighted by Gasteiger charge is -2.09. The van der Waals surface area contributed by atoms with Crippen molar-refractivity contribution in [3.63, 3.8) is 0 Å². The van der Waals surface area contributed by atoms with Gasteiger partial charge in [0.1, 0.15) is 5.75 Å². The van der Waals surface area contributed by atoms with Gasteiger partial charge in [-0.3, -0.25) is 0 Å². The Morgan fingerprint density at radius 2 is 1.68 bits per heavy atom. The van der Waals surface area contributed by atoms with Crippen LogP contribution in [0.4, 0.5) is 13.2 Å². The molecule has 31 heavy (non-hydrogen) atoms. The largest absolute Gasteiger partial charge is 0.497 e. The highest BCUT2D eigenvalue weighted by molar-refractivity contribution is 7.90. The van der Waals surface area contributed by atoms with E-state index in [4.69, 9.17) is 4.74 Å². The number of alkyl halides is 3. The highest BCUT2D eigenvalue weighted by Gasteiger charge is 2.35. The van der Waals surface area contributed by atoms with Gasteiger partial charge in [-0.1, -0.05) is 18.2 Å².